The van der Waals surface area contributed by atoms with E-state index in [1.54, 1.807) is 0 Å². The first-order valence-corrected chi connectivity index (χ1v) is 12.0. The second-order valence-electron chi connectivity index (χ2n) is 8.91. The quantitative estimate of drug-likeness (QED) is 0.0955. The minimum atomic E-state index is -1.84. The summed E-state index contributed by atoms with van der Waals surface area (Å²) in [6.07, 6.45) is -8.50. The molecule has 7 unspecified atom stereocenters. The van der Waals surface area contributed by atoms with Crippen molar-refractivity contribution in [3.63, 3.8) is 0 Å². The van der Waals surface area contributed by atoms with Gasteiger partial charge in [0.25, 0.3) is 0 Å². The van der Waals surface area contributed by atoms with Crippen LogP contribution in [0.25, 0.3) is 0 Å². The Morgan fingerprint density at radius 2 is 1.77 bits per heavy atom. The summed E-state index contributed by atoms with van der Waals surface area (Å²) < 4.78 is 26.2. The molecule has 7 atom stereocenters. The molecule has 0 aromatic heterocycles. The summed E-state index contributed by atoms with van der Waals surface area (Å²) in [5.74, 6) is -5.11. The van der Waals surface area contributed by atoms with Crippen LogP contribution in [0.5, 0.6) is 11.5 Å². The molecular weight excluding hydrogens is 540 g/mol. The highest BCUT2D eigenvalue weighted by molar-refractivity contribution is 5.90. The molecule has 0 saturated carbocycles. The number of hydrogen-bond donors (Lipinski definition) is 7. The second kappa shape index (κ2) is 13.6. The van der Waals surface area contributed by atoms with Crippen LogP contribution in [0.2, 0.25) is 0 Å². The lowest BCUT2D eigenvalue weighted by Crippen LogP contribution is -2.60. The van der Waals surface area contributed by atoms with Crippen molar-refractivity contribution in [1.29, 1.82) is 0 Å². The Morgan fingerprint density at radius 3 is 2.40 bits per heavy atom. The molecule has 0 spiro atoms. The maximum Gasteiger partial charge on any atom is 0.337 e. The van der Waals surface area contributed by atoms with Crippen molar-refractivity contribution >= 4 is 17.9 Å². The molecule has 15 heteroatoms. The zero-order chi connectivity index (χ0) is 29.6. The molecule has 1 aromatic carbocycles. The van der Waals surface area contributed by atoms with Crippen molar-refractivity contribution in [3.8, 4) is 11.5 Å². The number of aliphatic hydroxyl groups is 4. The van der Waals surface area contributed by atoms with Gasteiger partial charge in [-0.1, -0.05) is 6.07 Å². The van der Waals surface area contributed by atoms with Gasteiger partial charge in [0.15, 0.2) is 17.8 Å². The van der Waals surface area contributed by atoms with Gasteiger partial charge in [-0.2, -0.15) is 0 Å². The fraction of sp³-hybridized carbons (Fsp3) is 0.480. The number of phenolic OH excluding ortho intramolecular Hbond substituents is 2. The highest BCUT2D eigenvalue weighted by Crippen LogP contribution is 2.34. The first-order valence-electron chi connectivity index (χ1n) is 12.0. The normalized spacial score (nSPS) is 29.3. The van der Waals surface area contributed by atoms with Gasteiger partial charge in [0.2, 0.25) is 6.29 Å². The van der Waals surface area contributed by atoms with Gasteiger partial charge in [-0.05, 0) is 24.1 Å². The highest BCUT2D eigenvalue weighted by Gasteiger charge is 2.47. The van der Waals surface area contributed by atoms with Crippen LogP contribution in [-0.4, -0.2) is 111 Å². The van der Waals surface area contributed by atoms with E-state index in [1.165, 1.54) is 18.2 Å². The number of aryl methyl sites for hydroxylation is 1. The molecule has 0 radical (unpaired) electrons. The van der Waals surface area contributed by atoms with E-state index < -0.39 is 74.0 Å². The molecule has 0 bridgehead atoms. The molecule has 1 aromatic rings. The summed E-state index contributed by atoms with van der Waals surface area (Å²) >= 11 is 0. The number of phenols is 2. The Balaban J connectivity index is 1.79. The van der Waals surface area contributed by atoms with E-state index in [9.17, 15) is 50.1 Å². The fourth-order valence-electron chi connectivity index (χ4n) is 4.08. The number of carboxylic acid groups (broad SMARTS) is 1. The standard InChI is InChI=1S/C25H30O15/c1-36-23(35)14-10-38-24(40-25-22(34)21(33)20(32)17(8-26)39-25)12(7-18(29)30)13(14)9-37-19(31)5-3-11-2-4-15(27)16(28)6-11/h2,4,6-7,10,13,17,20-22,24-28,32-34H,3,5,8-9H2,1H3,(H,29,30). The predicted molar refractivity (Wildman–Crippen MR) is 128 cm³/mol. The fourth-order valence-corrected chi connectivity index (χ4v) is 4.08. The molecule has 40 heavy (non-hydrogen) atoms. The maximum atomic E-state index is 12.5. The Morgan fingerprint density at radius 1 is 1.05 bits per heavy atom. The number of hydrogen-bond acceptors (Lipinski definition) is 14. The summed E-state index contributed by atoms with van der Waals surface area (Å²) in [7, 11) is 1.07. The number of rotatable bonds is 10. The molecule has 2 aliphatic rings. The van der Waals surface area contributed by atoms with Gasteiger partial charge in [0.05, 0.1) is 31.5 Å². The van der Waals surface area contributed by atoms with E-state index in [0.29, 0.717) is 11.6 Å². The number of esters is 2. The van der Waals surface area contributed by atoms with E-state index in [4.69, 9.17) is 23.7 Å². The number of aromatic hydroxyl groups is 2. The van der Waals surface area contributed by atoms with Crippen LogP contribution in [0.15, 0.2) is 41.7 Å². The van der Waals surface area contributed by atoms with Gasteiger partial charge in [0.1, 0.15) is 31.0 Å². The van der Waals surface area contributed by atoms with Crippen LogP contribution in [-0.2, 0) is 44.5 Å². The number of carbonyl (C=O) groups excluding carboxylic acids is 2. The molecule has 220 valence electrons. The number of benzene rings is 1. The molecule has 2 aliphatic heterocycles. The summed E-state index contributed by atoms with van der Waals surface area (Å²) in [6.45, 7) is -1.31. The van der Waals surface area contributed by atoms with Gasteiger partial charge >= 0.3 is 17.9 Å². The lowest BCUT2D eigenvalue weighted by atomic mass is 9.89. The van der Waals surface area contributed by atoms with E-state index in [1.807, 2.05) is 0 Å². The number of carbonyl (C=O) groups is 3. The Labute approximate surface area is 227 Å². The summed E-state index contributed by atoms with van der Waals surface area (Å²) in [5.41, 5.74) is 0.0523. The second-order valence-corrected chi connectivity index (χ2v) is 8.91. The smallest absolute Gasteiger partial charge is 0.337 e. The lowest BCUT2D eigenvalue weighted by Gasteiger charge is -2.41. The van der Waals surface area contributed by atoms with Gasteiger partial charge in [-0.3, -0.25) is 4.79 Å². The molecule has 15 nitrogen and oxygen atoms in total. The van der Waals surface area contributed by atoms with Gasteiger partial charge < -0.3 is 59.4 Å². The van der Waals surface area contributed by atoms with E-state index >= 15 is 0 Å². The summed E-state index contributed by atoms with van der Waals surface area (Å²) in [4.78, 5) is 36.5. The molecule has 3 rings (SSSR count). The molecule has 7 N–H and O–H groups in total. The average molecular weight is 571 g/mol. The molecule has 0 aliphatic carbocycles. The van der Waals surface area contributed by atoms with Crippen molar-refractivity contribution < 1.29 is 73.8 Å². The Kier molecular flexibility index (Phi) is 10.4. The lowest BCUT2D eigenvalue weighted by molar-refractivity contribution is -0.327. The zero-order valence-corrected chi connectivity index (χ0v) is 21.2. The largest absolute Gasteiger partial charge is 0.504 e. The molecule has 0 amide bonds. The van der Waals surface area contributed by atoms with Crippen LogP contribution in [0.1, 0.15) is 12.0 Å². The number of aliphatic hydroxyl groups excluding tert-OH is 4. The van der Waals surface area contributed by atoms with Crippen LogP contribution in [0.3, 0.4) is 0 Å². The Hall–Kier alpha value is -3.73. The first-order chi connectivity index (χ1) is 19.0. The third-order valence-electron chi connectivity index (χ3n) is 6.25. The van der Waals surface area contributed by atoms with Crippen molar-refractivity contribution in [3.05, 3.63) is 47.2 Å². The highest BCUT2D eigenvalue weighted by atomic mass is 16.8. The number of ether oxygens (including phenoxy) is 5. The SMILES string of the molecule is COC(=O)C1=COC(OC2OC(CO)C(O)C(O)C2O)C(=CC(=O)O)C1COC(=O)CCc1ccc(O)c(O)c1. The predicted octanol–water partition coefficient (Wildman–Crippen LogP) is -1.57. The molecular formula is C25H30O15. The summed E-state index contributed by atoms with van der Waals surface area (Å²) in [5, 5.41) is 68.2. The Bertz CT molecular complexity index is 1140. The van der Waals surface area contributed by atoms with Crippen molar-refractivity contribution in [1.82, 2.24) is 0 Å². The molecule has 2 heterocycles. The van der Waals surface area contributed by atoms with Crippen LogP contribution < -0.4 is 0 Å². The minimum absolute atomic E-state index is 0.126. The van der Waals surface area contributed by atoms with Gasteiger partial charge in [-0.25, -0.2) is 9.59 Å². The third kappa shape index (κ3) is 7.26. The summed E-state index contributed by atoms with van der Waals surface area (Å²) in [6, 6.07) is 4.02. The van der Waals surface area contributed by atoms with Gasteiger partial charge in [0, 0.05) is 18.1 Å². The average Bonchev–Trinajstić information content (AvgIpc) is 2.93. The van der Waals surface area contributed by atoms with E-state index in [0.717, 1.165) is 13.4 Å². The number of carboxylic acids is 1. The molecule has 1 saturated heterocycles. The third-order valence-corrected chi connectivity index (χ3v) is 6.25. The van der Waals surface area contributed by atoms with Crippen LogP contribution in [0, 0.1) is 5.92 Å². The van der Waals surface area contributed by atoms with Crippen molar-refractivity contribution in [2.24, 2.45) is 5.92 Å². The number of methoxy groups -OCH3 is 1. The van der Waals surface area contributed by atoms with E-state index in [2.05, 4.69) is 0 Å². The first kappa shape index (κ1) is 30.8. The van der Waals surface area contributed by atoms with Crippen LogP contribution in [0.4, 0.5) is 0 Å². The van der Waals surface area contributed by atoms with Crippen LogP contribution >= 0.6 is 0 Å². The monoisotopic (exact) mass is 570 g/mol. The van der Waals surface area contributed by atoms with Gasteiger partial charge in [-0.15, -0.1) is 0 Å². The topological polar surface area (TPSA) is 239 Å². The molecule has 1 fully saturated rings. The minimum Gasteiger partial charge on any atom is -0.504 e. The zero-order valence-electron chi connectivity index (χ0n) is 21.2. The van der Waals surface area contributed by atoms with Crippen molar-refractivity contribution in [2.45, 2.75) is 49.8 Å². The van der Waals surface area contributed by atoms with E-state index in [-0.39, 0.29) is 35.5 Å². The number of aliphatic carboxylic acids is 1. The maximum absolute atomic E-state index is 12.5. The van der Waals surface area contributed by atoms with Crippen molar-refractivity contribution in [2.75, 3.05) is 20.3 Å².